The van der Waals surface area contributed by atoms with Crippen LogP contribution in [0, 0.1) is 0 Å². The Morgan fingerprint density at radius 2 is 1.88 bits per heavy atom. The van der Waals surface area contributed by atoms with E-state index in [1.807, 2.05) is 12.1 Å². The Balaban J connectivity index is 1.63. The van der Waals surface area contributed by atoms with Crippen LogP contribution in [0.25, 0.3) is 10.8 Å². The maximum atomic E-state index is 15.3. The third-order valence-corrected chi connectivity index (χ3v) is 9.12. The van der Waals surface area contributed by atoms with Crippen LogP contribution in [-0.2, 0) is 40.2 Å². The first-order valence-electron chi connectivity index (χ1n) is 13.1. The molecule has 2 aliphatic rings. The molecule has 43 heavy (non-hydrogen) atoms. The lowest BCUT2D eigenvalue weighted by atomic mass is 9.97. The Kier molecular flexibility index (Phi) is 9.94. The minimum absolute atomic E-state index is 0.142. The second-order valence-corrected chi connectivity index (χ2v) is 13.4. The van der Waals surface area contributed by atoms with Gasteiger partial charge in [-0.05, 0) is 55.5 Å². The summed E-state index contributed by atoms with van der Waals surface area (Å²) in [5.74, 6) is -4.33. The molecule has 2 aromatic rings. The Morgan fingerprint density at radius 3 is 2.53 bits per heavy atom. The summed E-state index contributed by atoms with van der Waals surface area (Å²) >= 11 is 5.57. The van der Waals surface area contributed by atoms with E-state index in [9.17, 15) is 32.7 Å². The zero-order valence-electron chi connectivity index (χ0n) is 23.1. The van der Waals surface area contributed by atoms with E-state index in [1.165, 1.54) is 13.0 Å². The second-order valence-electron chi connectivity index (χ2n) is 10.2. The number of esters is 1. The van der Waals surface area contributed by atoms with Crippen LogP contribution in [0.15, 0.2) is 54.5 Å². The predicted octanol–water partition coefficient (Wildman–Crippen LogP) is 4.06. The smallest absolute Gasteiger partial charge is 0.323 e. The van der Waals surface area contributed by atoms with Crippen LogP contribution in [0.1, 0.15) is 27.2 Å². The molecule has 0 radical (unpaired) electrons. The first-order chi connectivity index (χ1) is 20.2. The molecule has 10 nitrogen and oxygen atoms in total. The molecule has 1 fully saturated rings. The van der Waals surface area contributed by atoms with E-state index in [4.69, 9.17) is 30.3 Å². The Bertz CT molecular complexity index is 1480. The fourth-order valence-electron chi connectivity index (χ4n) is 4.42. The lowest BCUT2D eigenvalue weighted by molar-refractivity contribution is -0.199. The minimum Gasteiger partial charge on any atom is -0.462 e. The van der Waals surface area contributed by atoms with Gasteiger partial charge in [0.15, 0.2) is 23.8 Å². The van der Waals surface area contributed by atoms with Crippen molar-refractivity contribution in [2.75, 3.05) is 6.61 Å². The summed E-state index contributed by atoms with van der Waals surface area (Å²) in [5.41, 5.74) is -3.11. The van der Waals surface area contributed by atoms with Gasteiger partial charge >= 0.3 is 12.6 Å². The topological polar surface area (TPSA) is 124 Å². The van der Waals surface area contributed by atoms with Crippen LogP contribution in [0.4, 0.5) is 17.6 Å². The number of ketones is 1. The van der Waals surface area contributed by atoms with Crippen molar-refractivity contribution in [3.8, 4) is 5.75 Å². The van der Waals surface area contributed by atoms with E-state index in [0.29, 0.717) is 11.1 Å². The lowest BCUT2D eigenvalue weighted by Crippen LogP contribution is -2.52. The van der Waals surface area contributed by atoms with Crippen LogP contribution < -0.4 is 9.61 Å². The van der Waals surface area contributed by atoms with Gasteiger partial charge in [-0.25, -0.2) is 22.6 Å². The summed E-state index contributed by atoms with van der Waals surface area (Å²) in [6.07, 6.45) is -12.2. The molecule has 0 aliphatic carbocycles. The normalized spacial score (nSPS) is 26.5. The van der Waals surface area contributed by atoms with Gasteiger partial charge in [0.05, 0.1) is 19.1 Å². The number of hydrogen-bond acceptors (Lipinski definition) is 9. The highest BCUT2D eigenvalue weighted by Crippen LogP contribution is 2.49. The fraction of sp³-hybridized carbons (Fsp3) is 0.444. The number of hydrogen-bond donors (Lipinski definition) is 2. The number of alkyl halides is 3. The number of carbonyl (C=O) groups is 3. The standard InChI is InChI=1S/C27H29F4N2O8PS/c1-14(2)39-25(37)15(3)32-42(43,41-18-9-8-16-6-4-5-7-17(16)10-18)38-13-27(26(30)31)23(36)22(29)24(40-27)33-12-19(28)20(34)11-21(33)35/h4-10,12,14-15,22-24,26,36H,11,13H2,1-3H3,(H,32,43)/t15-,22+,23-,24+,27+,42?/m0/s1. The largest absolute Gasteiger partial charge is 0.462 e. The van der Waals surface area contributed by atoms with Crippen LogP contribution in [0.2, 0.25) is 0 Å². The van der Waals surface area contributed by atoms with Crippen molar-refractivity contribution in [3.63, 3.8) is 0 Å². The summed E-state index contributed by atoms with van der Waals surface area (Å²) in [5, 5.41) is 14.9. The van der Waals surface area contributed by atoms with Crippen LogP contribution >= 0.6 is 6.64 Å². The number of fused-ring (bicyclic) bond motifs is 1. The van der Waals surface area contributed by atoms with E-state index >= 15 is 4.39 Å². The Labute approximate surface area is 249 Å². The zero-order chi connectivity index (χ0) is 31.7. The minimum atomic E-state index is -4.00. The number of ether oxygens (including phenoxy) is 2. The summed E-state index contributed by atoms with van der Waals surface area (Å²) in [4.78, 5) is 36.6. The lowest BCUT2D eigenvalue weighted by Gasteiger charge is -2.34. The molecule has 0 bridgehead atoms. The highest BCUT2D eigenvalue weighted by Gasteiger charge is 2.63. The van der Waals surface area contributed by atoms with Gasteiger partial charge in [-0.2, -0.15) is 0 Å². The van der Waals surface area contributed by atoms with Gasteiger partial charge in [-0.15, -0.1) is 0 Å². The average Bonchev–Trinajstić information content (AvgIpc) is 3.19. The van der Waals surface area contributed by atoms with Gasteiger partial charge in [-0.1, -0.05) is 30.3 Å². The molecule has 0 saturated carbocycles. The summed E-state index contributed by atoms with van der Waals surface area (Å²) in [6, 6.07) is 10.9. The number of nitrogens with zero attached hydrogens (tertiary/aromatic N) is 1. The Morgan fingerprint density at radius 1 is 1.21 bits per heavy atom. The van der Waals surface area contributed by atoms with E-state index in [1.54, 1.807) is 38.1 Å². The van der Waals surface area contributed by atoms with Crippen molar-refractivity contribution < 1.29 is 55.6 Å². The van der Waals surface area contributed by atoms with Gasteiger partial charge < -0.3 is 23.6 Å². The van der Waals surface area contributed by atoms with E-state index in [2.05, 4.69) is 5.09 Å². The number of nitrogens with one attached hydrogen (secondary N) is 1. The van der Waals surface area contributed by atoms with Crippen molar-refractivity contribution >= 4 is 46.9 Å². The average molecular weight is 649 g/mol. The molecule has 1 amide bonds. The molecule has 2 N–H and O–H groups in total. The van der Waals surface area contributed by atoms with Gasteiger partial charge in [-0.3, -0.25) is 19.3 Å². The zero-order valence-corrected chi connectivity index (χ0v) is 24.8. The van der Waals surface area contributed by atoms with Gasteiger partial charge in [0.1, 0.15) is 17.9 Å². The number of allylic oxidation sites excluding steroid dienone is 1. The third-order valence-electron chi connectivity index (χ3n) is 6.64. The Hall–Kier alpha value is -2.94. The predicted molar refractivity (Wildman–Crippen MR) is 149 cm³/mol. The molecule has 2 aromatic carbocycles. The summed E-state index contributed by atoms with van der Waals surface area (Å²) < 4.78 is 80.3. The molecular weight excluding hydrogens is 619 g/mol. The van der Waals surface area contributed by atoms with Gasteiger partial charge in [0, 0.05) is 6.20 Å². The maximum Gasteiger partial charge on any atom is 0.323 e. The van der Waals surface area contributed by atoms with Crippen molar-refractivity contribution in [2.45, 2.75) is 69.9 Å². The first kappa shape index (κ1) is 33.0. The highest BCUT2D eigenvalue weighted by atomic mass is 32.5. The number of rotatable bonds is 11. The molecule has 4 rings (SSSR count). The van der Waals surface area contributed by atoms with Crippen LogP contribution in [0.5, 0.6) is 5.75 Å². The molecule has 2 aliphatic heterocycles. The molecule has 0 spiro atoms. The fourth-order valence-corrected chi connectivity index (χ4v) is 6.83. The number of carbonyl (C=O) groups excluding carboxylic acids is 3. The van der Waals surface area contributed by atoms with Crippen molar-refractivity contribution in [3.05, 3.63) is 54.5 Å². The molecule has 234 valence electrons. The number of halogens is 4. The number of aliphatic hydroxyl groups is 1. The van der Waals surface area contributed by atoms with E-state index in [-0.39, 0.29) is 5.75 Å². The van der Waals surface area contributed by atoms with Crippen LogP contribution in [-0.4, -0.2) is 76.9 Å². The third kappa shape index (κ3) is 7.08. The second kappa shape index (κ2) is 13.0. The first-order valence-corrected chi connectivity index (χ1v) is 15.7. The molecule has 0 aromatic heterocycles. The number of Topliss-reactive ketones (excluding diaryl/α,β-unsaturated/α-hetero) is 1. The van der Waals surface area contributed by atoms with Crippen molar-refractivity contribution in [2.24, 2.45) is 0 Å². The summed E-state index contributed by atoms with van der Waals surface area (Å²) in [7, 11) is 0. The molecule has 6 atom stereocenters. The van der Waals surface area contributed by atoms with Crippen molar-refractivity contribution in [1.82, 2.24) is 9.99 Å². The number of amides is 1. The maximum absolute atomic E-state index is 15.3. The molecule has 16 heteroatoms. The monoisotopic (exact) mass is 648 g/mol. The van der Waals surface area contributed by atoms with E-state index in [0.717, 1.165) is 10.8 Å². The SMILES string of the molecule is CC(C)OC(=O)[C@H](C)NP(=S)(OC[C@@]1(C(F)F)O[C@@H](N2C=C(F)C(=O)CC2=O)[C@H](F)[C@@H]1O)Oc1ccc2ccccc2c1. The highest BCUT2D eigenvalue weighted by molar-refractivity contribution is 8.09. The number of benzene rings is 2. The van der Waals surface area contributed by atoms with Gasteiger partial charge in [0.2, 0.25) is 11.7 Å². The summed E-state index contributed by atoms with van der Waals surface area (Å²) in [6.45, 7) is -0.674. The molecule has 1 saturated heterocycles. The van der Waals surface area contributed by atoms with Gasteiger partial charge in [0.25, 0.3) is 6.43 Å². The molecule has 1 unspecified atom stereocenters. The van der Waals surface area contributed by atoms with Crippen molar-refractivity contribution in [1.29, 1.82) is 0 Å². The quantitative estimate of drug-likeness (QED) is 0.160. The van der Waals surface area contributed by atoms with E-state index < -0.39 is 85.8 Å². The van der Waals surface area contributed by atoms with Crippen LogP contribution in [0.3, 0.4) is 0 Å². The molecular formula is C27H29F4N2O8PS. The molecule has 2 heterocycles. The number of aliphatic hydroxyl groups excluding tert-OH is 1.